The first kappa shape index (κ1) is 14.5. The van der Waals surface area contributed by atoms with Gasteiger partial charge in [0.05, 0.1) is 6.04 Å². The first-order chi connectivity index (χ1) is 7.81. The van der Waals surface area contributed by atoms with Crippen molar-refractivity contribution in [3.8, 4) is 0 Å². The smallest absolute Gasteiger partial charge is 0.237 e. The molecule has 1 aliphatic carbocycles. The fourth-order valence-corrected chi connectivity index (χ4v) is 2.02. The van der Waals surface area contributed by atoms with E-state index in [0.717, 1.165) is 12.3 Å². The Bertz CT molecular complexity index is 253. The van der Waals surface area contributed by atoms with E-state index in [-0.39, 0.29) is 17.5 Å². The van der Waals surface area contributed by atoms with Crippen LogP contribution in [-0.2, 0) is 4.79 Å². The highest BCUT2D eigenvalue weighted by Gasteiger charge is 2.27. The van der Waals surface area contributed by atoms with Crippen molar-refractivity contribution in [3.05, 3.63) is 0 Å². The highest BCUT2D eigenvalue weighted by atomic mass is 16.2. The Morgan fingerprint density at radius 3 is 2.35 bits per heavy atom. The van der Waals surface area contributed by atoms with Gasteiger partial charge in [-0.05, 0) is 46.5 Å². The lowest BCUT2D eigenvalue weighted by atomic mass is 10.1. The molecule has 0 radical (unpaired) electrons. The van der Waals surface area contributed by atoms with Gasteiger partial charge in [-0.25, -0.2) is 0 Å². The number of carbonyl (C=O) groups excluding carboxylic acids is 1. The van der Waals surface area contributed by atoms with E-state index in [1.807, 2.05) is 27.7 Å². The van der Waals surface area contributed by atoms with Crippen molar-refractivity contribution in [1.29, 1.82) is 0 Å². The van der Waals surface area contributed by atoms with E-state index >= 15 is 0 Å². The summed E-state index contributed by atoms with van der Waals surface area (Å²) in [7, 11) is 0. The second kappa shape index (κ2) is 5.85. The van der Waals surface area contributed by atoms with Gasteiger partial charge in [-0.2, -0.15) is 0 Å². The minimum Gasteiger partial charge on any atom is -0.350 e. The SMILES string of the molecule is CCC(CC1CC1)NC(C)C(=O)NC(C)(C)C. The molecule has 100 valence electrons. The number of amides is 1. The molecule has 1 fully saturated rings. The van der Waals surface area contributed by atoms with E-state index in [4.69, 9.17) is 0 Å². The summed E-state index contributed by atoms with van der Waals surface area (Å²) in [6.07, 6.45) is 5.08. The summed E-state index contributed by atoms with van der Waals surface area (Å²) in [6.45, 7) is 10.2. The van der Waals surface area contributed by atoms with Crippen LogP contribution in [0, 0.1) is 5.92 Å². The first-order valence-electron chi connectivity index (χ1n) is 6.90. The molecule has 0 aromatic heterocycles. The maximum Gasteiger partial charge on any atom is 0.237 e. The van der Waals surface area contributed by atoms with Crippen LogP contribution in [0.1, 0.15) is 60.3 Å². The zero-order chi connectivity index (χ0) is 13.1. The molecule has 1 amide bonds. The van der Waals surface area contributed by atoms with Gasteiger partial charge in [0.2, 0.25) is 5.91 Å². The van der Waals surface area contributed by atoms with Gasteiger partial charge in [0.1, 0.15) is 0 Å². The Morgan fingerprint density at radius 1 is 1.35 bits per heavy atom. The molecule has 0 aromatic rings. The first-order valence-corrected chi connectivity index (χ1v) is 6.90. The number of nitrogens with one attached hydrogen (secondary N) is 2. The number of carbonyl (C=O) groups is 1. The van der Waals surface area contributed by atoms with Gasteiger partial charge in [-0.3, -0.25) is 4.79 Å². The minimum absolute atomic E-state index is 0.0991. The van der Waals surface area contributed by atoms with E-state index in [9.17, 15) is 4.79 Å². The quantitative estimate of drug-likeness (QED) is 0.749. The highest BCUT2D eigenvalue weighted by molar-refractivity contribution is 5.81. The van der Waals surface area contributed by atoms with Crippen molar-refractivity contribution in [3.63, 3.8) is 0 Å². The predicted octanol–water partition coefficient (Wildman–Crippen LogP) is 2.46. The summed E-state index contributed by atoms with van der Waals surface area (Å²) in [4.78, 5) is 11.9. The summed E-state index contributed by atoms with van der Waals surface area (Å²) in [6, 6.07) is 0.390. The largest absolute Gasteiger partial charge is 0.350 e. The van der Waals surface area contributed by atoms with Crippen LogP contribution in [0.15, 0.2) is 0 Å². The molecule has 1 aliphatic rings. The zero-order valence-electron chi connectivity index (χ0n) is 12.0. The zero-order valence-corrected chi connectivity index (χ0v) is 12.0. The van der Waals surface area contributed by atoms with Crippen molar-refractivity contribution in [1.82, 2.24) is 10.6 Å². The predicted molar refractivity (Wildman–Crippen MR) is 71.9 cm³/mol. The average Bonchev–Trinajstić information content (AvgIpc) is 2.97. The van der Waals surface area contributed by atoms with Crippen molar-refractivity contribution < 1.29 is 4.79 Å². The van der Waals surface area contributed by atoms with Gasteiger partial charge >= 0.3 is 0 Å². The maximum absolute atomic E-state index is 11.9. The van der Waals surface area contributed by atoms with Gasteiger partial charge in [0, 0.05) is 11.6 Å². The van der Waals surface area contributed by atoms with E-state index in [1.54, 1.807) is 0 Å². The second-order valence-electron chi connectivity index (χ2n) is 6.41. The van der Waals surface area contributed by atoms with Crippen LogP contribution in [-0.4, -0.2) is 23.5 Å². The van der Waals surface area contributed by atoms with Crippen molar-refractivity contribution in [2.75, 3.05) is 0 Å². The Hall–Kier alpha value is -0.570. The summed E-state index contributed by atoms with van der Waals surface area (Å²) in [5.74, 6) is 1.01. The van der Waals surface area contributed by atoms with E-state index in [1.165, 1.54) is 19.3 Å². The monoisotopic (exact) mass is 240 g/mol. The molecule has 17 heavy (non-hydrogen) atoms. The standard InChI is InChI=1S/C14H28N2O/c1-6-12(9-11-7-8-11)15-10(2)13(17)16-14(3,4)5/h10-12,15H,6-9H2,1-5H3,(H,16,17). The number of rotatable bonds is 6. The van der Waals surface area contributed by atoms with E-state index < -0.39 is 0 Å². The van der Waals surface area contributed by atoms with Crippen LogP contribution >= 0.6 is 0 Å². The normalized spacial score (nSPS) is 19.8. The Balaban J connectivity index is 2.34. The third kappa shape index (κ3) is 6.06. The van der Waals surface area contributed by atoms with Gasteiger partial charge in [0.15, 0.2) is 0 Å². The molecule has 3 heteroatoms. The third-order valence-corrected chi connectivity index (χ3v) is 3.18. The average molecular weight is 240 g/mol. The molecule has 1 saturated carbocycles. The number of hydrogen-bond acceptors (Lipinski definition) is 2. The van der Waals surface area contributed by atoms with Crippen molar-refractivity contribution >= 4 is 5.91 Å². The van der Waals surface area contributed by atoms with Gasteiger partial charge in [-0.15, -0.1) is 0 Å². The molecule has 0 heterocycles. The lowest BCUT2D eigenvalue weighted by Gasteiger charge is -2.26. The molecule has 0 bridgehead atoms. The fraction of sp³-hybridized carbons (Fsp3) is 0.929. The van der Waals surface area contributed by atoms with Crippen molar-refractivity contribution in [2.24, 2.45) is 5.92 Å². The summed E-state index contributed by atoms with van der Waals surface area (Å²) in [5.41, 5.74) is -0.148. The number of hydrogen-bond donors (Lipinski definition) is 2. The Labute approximate surface area is 106 Å². The molecule has 0 saturated heterocycles. The summed E-state index contributed by atoms with van der Waals surface area (Å²) < 4.78 is 0. The van der Waals surface area contributed by atoms with Crippen LogP contribution in [0.2, 0.25) is 0 Å². The van der Waals surface area contributed by atoms with Crippen LogP contribution in [0.25, 0.3) is 0 Å². The second-order valence-corrected chi connectivity index (χ2v) is 6.41. The molecule has 2 N–H and O–H groups in total. The van der Waals surface area contributed by atoms with Crippen LogP contribution in [0.5, 0.6) is 0 Å². The highest BCUT2D eigenvalue weighted by Crippen LogP contribution is 2.34. The van der Waals surface area contributed by atoms with Crippen LogP contribution in [0.3, 0.4) is 0 Å². The summed E-state index contributed by atoms with van der Waals surface area (Å²) >= 11 is 0. The molecular formula is C14H28N2O. The summed E-state index contributed by atoms with van der Waals surface area (Å²) in [5, 5.41) is 6.46. The molecule has 0 aliphatic heterocycles. The Morgan fingerprint density at radius 2 is 1.94 bits per heavy atom. The van der Waals surface area contributed by atoms with Gasteiger partial charge < -0.3 is 10.6 Å². The van der Waals surface area contributed by atoms with E-state index in [2.05, 4.69) is 17.6 Å². The molecular weight excluding hydrogens is 212 g/mol. The van der Waals surface area contributed by atoms with Gasteiger partial charge in [0.25, 0.3) is 0 Å². The molecule has 3 nitrogen and oxygen atoms in total. The van der Waals surface area contributed by atoms with Crippen LogP contribution in [0.4, 0.5) is 0 Å². The van der Waals surface area contributed by atoms with Crippen LogP contribution < -0.4 is 10.6 Å². The molecule has 2 atom stereocenters. The van der Waals surface area contributed by atoms with Gasteiger partial charge in [-0.1, -0.05) is 19.8 Å². The molecule has 1 rings (SSSR count). The molecule has 2 unspecified atom stereocenters. The topological polar surface area (TPSA) is 41.1 Å². The maximum atomic E-state index is 11.9. The Kier molecular flexibility index (Phi) is 4.99. The molecule has 0 aromatic carbocycles. The fourth-order valence-electron chi connectivity index (χ4n) is 2.02. The lowest BCUT2D eigenvalue weighted by molar-refractivity contribution is -0.124. The molecule has 0 spiro atoms. The third-order valence-electron chi connectivity index (χ3n) is 3.18. The van der Waals surface area contributed by atoms with E-state index in [0.29, 0.717) is 6.04 Å². The van der Waals surface area contributed by atoms with Crippen molar-refractivity contribution in [2.45, 2.75) is 77.9 Å². The minimum atomic E-state index is -0.148. The lowest BCUT2D eigenvalue weighted by Crippen LogP contribution is -2.51.